The number of rotatable bonds is 12. The van der Waals surface area contributed by atoms with Crippen LogP contribution >= 0.6 is 0 Å². The van der Waals surface area contributed by atoms with Crippen LogP contribution in [0, 0.1) is 0 Å². The fourth-order valence-electron chi connectivity index (χ4n) is 5.72. The molecular weight excluding hydrogens is 997 g/mol. The fraction of sp³-hybridized carbons (Fsp3) is 0.0571. The van der Waals surface area contributed by atoms with Gasteiger partial charge in [0.15, 0.2) is 0 Å². The molecule has 0 aromatic heterocycles. The maximum atomic E-state index is 13.5. The van der Waals surface area contributed by atoms with Gasteiger partial charge in [0.2, 0.25) is 0 Å². The van der Waals surface area contributed by atoms with Crippen LogP contribution in [-0.4, -0.2) is 72.1 Å². The number of nitrogens with one attached hydrogen (secondary N) is 2. The fourth-order valence-corrected chi connectivity index (χ4v) is 8.01. The summed E-state index contributed by atoms with van der Waals surface area (Å²) in [6.45, 7) is 0. The maximum Gasteiger partial charge on any atom is 1.00 e. The van der Waals surface area contributed by atoms with Gasteiger partial charge in [-0.3, -0.25) is 9.11 Å². The molecule has 0 spiro atoms. The summed E-state index contributed by atoms with van der Waals surface area (Å²) >= 11 is 0. The Morgan fingerprint density at radius 1 is 0.530 bits per heavy atom. The zero-order valence-corrected chi connectivity index (χ0v) is 46.3. The third kappa shape index (κ3) is 13.7. The number of hydrogen-bond donors (Lipinski definition) is 4. The molecule has 0 atom stereocenters. The minimum absolute atomic E-state index is 0. The summed E-state index contributed by atoms with van der Waals surface area (Å²) in [5.74, 6) is -2.38. The second kappa shape index (κ2) is 23.2. The normalized spacial score (nSPS) is 11.8. The summed E-state index contributed by atoms with van der Waals surface area (Å²) in [7, 11) is -18.0. The van der Waals surface area contributed by atoms with E-state index in [2.05, 4.69) is 31.1 Å². The predicted octanol–water partition coefficient (Wildman–Crippen LogP) is -7.05. The number of azo groups is 2. The van der Waals surface area contributed by atoms with Crippen molar-refractivity contribution in [1.29, 1.82) is 0 Å². The molecule has 31 heteroatoms. The van der Waals surface area contributed by atoms with Gasteiger partial charge in [-0.1, -0.05) is 23.6 Å². The van der Waals surface area contributed by atoms with Crippen molar-refractivity contribution >= 4 is 102 Å². The molecule has 6 aromatic rings. The van der Waals surface area contributed by atoms with Gasteiger partial charge in [0.1, 0.15) is 52.9 Å². The average Bonchev–Trinajstić information content (AvgIpc) is 3.18. The molecule has 4 N–H and O–H groups in total. The van der Waals surface area contributed by atoms with Crippen LogP contribution in [0.4, 0.5) is 38.9 Å². The molecule has 0 fully saturated rings. The summed E-state index contributed by atoms with van der Waals surface area (Å²) < 4.78 is 149. The van der Waals surface area contributed by atoms with Crippen molar-refractivity contribution < 1.29 is 195 Å². The van der Waals surface area contributed by atoms with Crippen molar-refractivity contribution in [1.82, 2.24) is 0 Å². The van der Waals surface area contributed by atoms with Gasteiger partial charge in [-0.2, -0.15) is 16.8 Å². The van der Waals surface area contributed by atoms with Crippen LogP contribution in [0.2, 0.25) is 0 Å². The number of urea groups is 1. The van der Waals surface area contributed by atoms with Crippen LogP contribution < -0.4 is 149 Å². The third-order valence-corrected chi connectivity index (χ3v) is 11.9. The van der Waals surface area contributed by atoms with Crippen LogP contribution in [0.15, 0.2) is 125 Å². The van der Waals surface area contributed by atoms with Crippen molar-refractivity contribution in [2.24, 2.45) is 20.5 Å². The Labute approximate surface area is 463 Å². The molecule has 0 saturated heterocycles. The SMILES string of the molecule is COc1ccc(S(=O)(=O)[O-])cc1N=Nc1c(S(=O)(=O)O)cc2cc(NC(=O)Nc3ccc4c([O-])c(N=Nc5cc(S(=O)(=O)[O-])ccc5OC)c(S(=O)(=O)O)cc4c3)ccc2c1[O-].[Na+].[Na+].[Na+].[Na+]. The number of benzene rings is 6. The predicted molar refractivity (Wildman–Crippen MR) is 209 cm³/mol. The van der Waals surface area contributed by atoms with Gasteiger partial charge in [0.25, 0.3) is 20.2 Å². The van der Waals surface area contributed by atoms with Crippen molar-refractivity contribution in [3.63, 3.8) is 0 Å². The zero-order valence-electron chi connectivity index (χ0n) is 35.0. The Morgan fingerprint density at radius 2 is 0.879 bits per heavy atom. The van der Waals surface area contributed by atoms with E-state index in [1.54, 1.807) is 0 Å². The van der Waals surface area contributed by atoms with Crippen LogP contribution in [0.1, 0.15) is 0 Å². The minimum Gasteiger partial charge on any atom is -0.871 e. The molecule has 0 bridgehead atoms. The Hall–Kier alpha value is -2.85. The van der Waals surface area contributed by atoms with Crippen molar-refractivity contribution in [2.75, 3.05) is 24.9 Å². The van der Waals surface area contributed by atoms with Gasteiger partial charge in [0.05, 0.1) is 35.4 Å². The number of amides is 2. The standard InChI is InChI=1S/C35H28N6O17S4.4Na/c1-57-27-9-5-21(59(45,46)47)15-25(27)38-40-31-29(61(51,52)53)13-17-11-19(3-7-23(17)33(31)42)36-35(44)37-20-4-8-24-18(12-20)14-30(62(54,55)56)32(34(24)43)41-39-26-16-22(60(48,49)50)6-10-28(26)58-2;;;;/h3-16,42-43H,1-2H3,(H2,36,37,44)(H,45,46,47)(H,48,49,50)(H,51,52,53)(H,54,55,56);;;;/q;4*+1/p-4. The Bertz CT molecular complexity index is 3180. The minimum atomic E-state index is -5.19. The van der Waals surface area contributed by atoms with Crippen molar-refractivity contribution in [2.45, 2.75) is 19.6 Å². The first-order chi connectivity index (χ1) is 28.9. The van der Waals surface area contributed by atoms with Gasteiger partial charge in [-0.25, -0.2) is 21.6 Å². The molecule has 0 aliphatic carbocycles. The van der Waals surface area contributed by atoms with Gasteiger partial charge in [-0.15, -0.1) is 20.5 Å². The average molecular weight is 1020 g/mol. The first kappa shape index (κ1) is 59.3. The second-order valence-corrected chi connectivity index (χ2v) is 18.0. The largest absolute Gasteiger partial charge is 1.00 e. The molecule has 0 unspecified atom stereocenters. The molecule has 324 valence electrons. The van der Waals surface area contributed by atoms with E-state index in [9.17, 15) is 66.9 Å². The van der Waals surface area contributed by atoms with E-state index in [0.29, 0.717) is 0 Å². The molecule has 2 amide bonds. The van der Waals surface area contributed by atoms with Gasteiger partial charge < -0.3 is 39.4 Å². The van der Waals surface area contributed by atoms with Gasteiger partial charge >= 0.3 is 124 Å². The second-order valence-electron chi connectivity index (χ2n) is 12.5. The molecule has 23 nitrogen and oxygen atoms in total. The maximum absolute atomic E-state index is 13.5. The molecule has 0 aliphatic heterocycles. The number of carbonyl (C=O) groups excluding carboxylic acids is 1. The molecule has 6 aromatic carbocycles. The van der Waals surface area contributed by atoms with Crippen LogP contribution in [-0.2, 0) is 40.5 Å². The van der Waals surface area contributed by atoms with Crippen LogP contribution in [0.5, 0.6) is 23.0 Å². The van der Waals surface area contributed by atoms with Crippen molar-refractivity contribution in [3.05, 3.63) is 84.9 Å². The summed E-state index contributed by atoms with van der Waals surface area (Å²) in [5.41, 5.74) is -2.64. The topological polar surface area (TPSA) is 378 Å². The van der Waals surface area contributed by atoms with E-state index in [0.717, 1.165) is 60.7 Å². The Balaban J connectivity index is 0.00000374. The number of carbonyl (C=O) groups is 1. The van der Waals surface area contributed by atoms with Gasteiger partial charge in [-0.05, 0) is 94.3 Å². The monoisotopic (exact) mass is 1020 g/mol. The summed E-state index contributed by atoms with van der Waals surface area (Å²) in [6, 6.07) is 13.3. The van der Waals surface area contributed by atoms with E-state index >= 15 is 0 Å². The van der Waals surface area contributed by atoms with Crippen LogP contribution in [0.3, 0.4) is 0 Å². The number of nitrogens with zero attached hydrogens (tertiary/aromatic N) is 4. The number of ether oxygens (including phenoxy) is 2. The molecule has 0 saturated carbocycles. The molecule has 6 rings (SSSR count). The van der Waals surface area contributed by atoms with E-state index in [4.69, 9.17) is 9.47 Å². The van der Waals surface area contributed by atoms with Crippen LogP contribution in [0.25, 0.3) is 21.5 Å². The number of anilines is 2. The van der Waals surface area contributed by atoms with Crippen molar-refractivity contribution in [3.8, 4) is 23.0 Å². The first-order valence-electron chi connectivity index (χ1n) is 16.6. The summed E-state index contributed by atoms with van der Waals surface area (Å²) in [4.78, 5) is 9.52. The van der Waals surface area contributed by atoms with E-state index in [-0.39, 0.29) is 174 Å². The molecule has 66 heavy (non-hydrogen) atoms. The summed E-state index contributed by atoms with van der Waals surface area (Å²) in [5, 5.41) is 45.8. The zero-order chi connectivity index (χ0) is 45.5. The number of methoxy groups -OCH3 is 2. The Kier molecular flexibility index (Phi) is 20.8. The third-order valence-electron chi connectivity index (χ3n) is 8.53. The van der Waals surface area contributed by atoms with E-state index in [1.807, 2.05) is 0 Å². The molecule has 0 aliphatic rings. The number of hydrogen-bond acceptors (Lipinski definition) is 19. The first-order valence-corrected chi connectivity index (χ1v) is 22.3. The smallest absolute Gasteiger partial charge is 0.871 e. The number of fused-ring (bicyclic) bond motifs is 2. The molecule has 0 heterocycles. The molecule has 0 radical (unpaired) electrons. The van der Waals surface area contributed by atoms with Gasteiger partial charge in [0, 0.05) is 11.4 Å². The summed E-state index contributed by atoms with van der Waals surface area (Å²) in [6.07, 6.45) is 0. The molecular formula is C35H24N6Na4O17S4. The van der Waals surface area contributed by atoms with E-state index < -0.39 is 89.0 Å². The Morgan fingerprint density at radius 3 is 1.18 bits per heavy atom. The quantitative estimate of drug-likeness (QED) is 0.0503. The van der Waals surface area contributed by atoms with E-state index in [1.165, 1.54) is 38.5 Å².